The number of anilines is 1. The minimum Gasteiger partial charge on any atom is -0.380 e. The van der Waals surface area contributed by atoms with Gasteiger partial charge in [0.05, 0.1) is 11.9 Å². The molecule has 0 aliphatic heterocycles. The molecule has 4 nitrogen and oxygen atoms in total. The lowest BCUT2D eigenvalue weighted by Gasteiger charge is -2.29. The van der Waals surface area contributed by atoms with Gasteiger partial charge in [-0.25, -0.2) is 4.68 Å². The third kappa shape index (κ3) is 4.22. The zero-order valence-electron chi connectivity index (χ0n) is 13.1. The Hall–Kier alpha value is -1.03. The minimum atomic E-state index is -0.189. The number of unbranched alkanes of at least 4 members (excludes halogenated alkanes) is 1. The predicted octanol–water partition coefficient (Wildman–Crippen LogP) is 4.08. The highest BCUT2D eigenvalue weighted by molar-refractivity contribution is 6.32. The smallest absolute Gasteiger partial charge is 0.287 e. The van der Waals surface area contributed by atoms with Crippen molar-refractivity contribution in [3.8, 4) is 0 Å². The van der Waals surface area contributed by atoms with E-state index in [1.807, 2.05) is 0 Å². The maximum atomic E-state index is 12.2. The van der Waals surface area contributed by atoms with Crippen LogP contribution in [0.4, 0.5) is 5.69 Å². The van der Waals surface area contributed by atoms with E-state index in [-0.39, 0.29) is 10.6 Å². The lowest BCUT2D eigenvalue weighted by atomic mass is 9.84. The summed E-state index contributed by atoms with van der Waals surface area (Å²) in [5, 5.41) is 7.90. The lowest BCUT2D eigenvalue weighted by molar-refractivity contribution is 0.328. The van der Waals surface area contributed by atoms with Gasteiger partial charge in [-0.3, -0.25) is 4.79 Å². The van der Waals surface area contributed by atoms with Crippen molar-refractivity contribution in [3.05, 3.63) is 21.6 Å². The van der Waals surface area contributed by atoms with Crippen LogP contribution in [-0.4, -0.2) is 15.8 Å². The van der Waals surface area contributed by atoms with E-state index >= 15 is 0 Å². The standard InChI is InChI=1S/C16H26ClN3O/c1-3-4-10-20-16(21)15(17)14(11-18-20)19-12(2)13-8-6-5-7-9-13/h11-13,19H,3-10H2,1-2H3. The van der Waals surface area contributed by atoms with Crippen LogP contribution in [0.1, 0.15) is 58.8 Å². The van der Waals surface area contributed by atoms with Gasteiger partial charge in [-0.1, -0.05) is 44.2 Å². The number of aryl methyl sites for hydroxylation is 1. The van der Waals surface area contributed by atoms with Crippen LogP contribution in [0.5, 0.6) is 0 Å². The molecule has 5 heteroatoms. The Morgan fingerprint density at radius 3 is 2.81 bits per heavy atom. The van der Waals surface area contributed by atoms with Crippen molar-refractivity contribution in [1.29, 1.82) is 0 Å². The van der Waals surface area contributed by atoms with E-state index in [4.69, 9.17) is 11.6 Å². The van der Waals surface area contributed by atoms with Gasteiger partial charge >= 0.3 is 0 Å². The van der Waals surface area contributed by atoms with Crippen molar-refractivity contribution in [3.63, 3.8) is 0 Å². The van der Waals surface area contributed by atoms with Crippen LogP contribution in [0.15, 0.2) is 11.0 Å². The molecule has 1 atom stereocenters. The molecule has 1 fully saturated rings. The molecule has 0 saturated heterocycles. The average molecular weight is 312 g/mol. The van der Waals surface area contributed by atoms with Gasteiger partial charge in [-0.2, -0.15) is 5.10 Å². The molecule has 0 aromatic carbocycles. The molecule has 1 heterocycles. The van der Waals surface area contributed by atoms with Gasteiger partial charge < -0.3 is 5.32 Å². The second-order valence-corrected chi connectivity index (χ2v) is 6.46. The van der Waals surface area contributed by atoms with Crippen LogP contribution in [0.2, 0.25) is 5.02 Å². The summed E-state index contributed by atoms with van der Waals surface area (Å²) in [6.07, 6.45) is 10.1. The van der Waals surface area contributed by atoms with Crippen molar-refractivity contribution >= 4 is 17.3 Å². The van der Waals surface area contributed by atoms with Crippen LogP contribution in [-0.2, 0) is 6.54 Å². The van der Waals surface area contributed by atoms with Crippen LogP contribution >= 0.6 is 11.6 Å². The van der Waals surface area contributed by atoms with Crippen molar-refractivity contribution < 1.29 is 0 Å². The monoisotopic (exact) mass is 311 g/mol. The quantitative estimate of drug-likeness (QED) is 0.861. The Kier molecular flexibility index (Phi) is 6.09. The maximum Gasteiger partial charge on any atom is 0.287 e. The first kappa shape index (κ1) is 16.3. The van der Waals surface area contributed by atoms with E-state index in [2.05, 4.69) is 24.3 Å². The second-order valence-electron chi connectivity index (χ2n) is 6.09. The molecule has 0 spiro atoms. The van der Waals surface area contributed by atoms with Crippen molar-refractivity contribution in [1.82, 2.24) is 9.78 Å². The van der Waals surface area contributed by atoms with E-state index < -0.39 is 0 Å². The van der Waals surface area contributed by atoms with Gasteiger partial charge in [0.15, 0.2) is 0 Å². The summed E-state index contributed by atoms with van der Waals surface area (Å²) in [6.45, 7) is 4.90. The number of hydrogen-bond donors (Lipinski definition) is 1. The first-order valence-corrected chi connectivity index (χ1v) is 8.53. The Morgan fingerprint density at radius 2 is 2.14 bits per heavy atom. The average Bonchev–Trinajstić information content (AvgIpc) is 2.52. The molecule has 0 radical (unpaired) electrons. The molecule has 2 rings (SSSR count). The Balaban J connectivity index is 2.06. The maximum absolute atomic E-state index is 12.2. The van der Waals surface area contributed by atoms with E-state index in [0.717, 1.165) is 12.8 Å². The summed E-state index contributed by atoms with van der Waals surface area (Å²) in [5.74, 6) is 0.664. The fraction of sp³-hybridized carbons (Fsp3) is 0.750. The van der Waals surface area contributed by atoms with Crippen molar-refractivity contribution in [2.45, 2.75) is 71.4 Å². The molecule has 1 aromatic heterocycles. The van der Waals surface area contributed by atoms with E-state index in [1.54, 1.807) is 6.20 Å². The Bertz CT molecular complexity index is 509. The molecule has 0 bridgehead atoms. The number of nitrogens with zero attached hydrogens (tertiary/aromatic N) is 2. The molecule has 1 aromatic rings. The number of halogens is 1. The van der Waals surface area contributed by atoms with E-state index in [1.165, 1.54) is 36.8 Å². The summed E-state index contributed by atoms with van der Waals surface area (Å²) in [5.41, 5.74) is 0.485. The number of rotatable bonds is 6. The first-order chi connectivity index (χ1) is 10.1. The van der Waals surface area contributed by atoms with Gasteiger partial charge in [0.1, 0.15) is 5.02 Å². The predicted molar refractivity (Wildman–Crippen MR) is 88.1 cm³/mol. The SMILES string of the molecule is CCCCn1ncc(NC(C)C2CCCCC2)c(Cl)c1=O. The highest BCUT2D eigenvalue weighted by Crippen LogP contribution is 2.28. The summed E-state index contributed by atoms with van der Waals surface area (Å²) in [7, 11) is 0. The number of nitrogens with one attached hydrogen (secondary N) is 1. The van der Waals surface area contributed by atoms with Crippen molar-refractivity contribution in [2.24, 2.45) is 5.92 Å². The number of aromatic nitrogens is 2. The second kappa shape index (κ2) is 7.83. The number of hydrogen-bond acceptors (Lipinski definition) is 3. The summed E-state index contributed by atoms with van der Waals surface area (Å²) in [6, 6.07) is 0.329. The van der Waals surface area contributed by atoms with Gasteiger partial charge in [-0.15, -0.1) is 0 Å². The molecule has 21 heavy (non-hydrogen) atoms. The lowest BCUT2D eigenvalue weighted by Crippen LogP contribution is -2.30. The highest BCUT2D eigenvalue weighted by Gasteiger charge is 2.21. The molecular weight excluding hydrogens is 286 g/mol. The normalized spacial score (nSPS) is 17.7. The summed E-state index contributed by atoms with van der Waals surface area (Å²) in [4.78, 5) is 12.2. The van der Waals surface area contributed by atoms with Gasteiger partial charge in [0.25, 0.3) is 5.56 Å². The third-order valence-electron chi connectivity index (χ3n) is 4.45. The molecule has 1 N–H and O–H groups in total. The zero-order chi connectivity index (χ0) is 15.2. The van der Waals surface area contributed by atoms with Crippen LogP contribution < -0.4 is 10.9 Å². The molecule has 0 amide bonds. The molecule has 118 valence electrons. The van der Waals surface area contributed by atoms with Crippen LogP contribution in [0.3, 0.4) is 0 Å². The zero-order valence-corrected chi connectivity index (χ0v) is 13.8. The molecular formula is C16H26ClN3O. The molecule has 1 aliphatic carbocycles. The van der Waals surface area contributed by atoms with E-state index in [0.29, 0.717) is 24.2 Å². The fourth-order valence-corrected chi connectivity index (χ4v) is 3.23. The molecule has 1 saturated carbocycles. The highest BCUT2D eigenvalue weighted by atomic mass is 35.5. The van der Waals surface area contributed by atoms with Crippen LogP contribution in [0.25, 0.3) is 0 Å². The van der Waals surface area contributed by atoms with Crippen molar-refractivity contribution in [2.75, 3.05) is 5.32 Å². The van der Waals surface area contributed by atoms with Gasteiger partial charge in [-0.05, 0) is 32.1 Å². The largest absolute Gasteiger partial charge is 0.380 e. The van der Waals surface area contributed by atoms with Crippen LogP contribution in [0, 0.1) is 5.92 Å². The van der Waals surface area contributed by atoms with E-state index in [9.17, 15) is 4.79 Å². The molecule has 1 unspecified atom stereocenters. The summed E-state index contributed by atoms with van der Waals surface area (Å²) < 4.78 is 1.46. The van der Waals surface area contributed by atoms with Gasteiger partial charge in [0, 0.05) is 12.6 Å². The molecule has 1 aliphatic rings. The fourth-order valence-electron chi connectivity index (χ4n) is 3.03. The van der Waals surface area contributed by atoms with Gasteiger partial charge in [0.2, 0.25) is 0 Å². The summed E-state index contributed by atoms with van der Waals surface area (Å²) >= 11 is 6.22. The Morgan fingerprint density at radius 1 is 1.43 bits per heavy atom. The minimum absolute atomic E-state index is 0.189. The topological polar surface area (TPSA) is 46.9 Å². The first-order valence-electron chi connectivity index (χ1n) is 8.15. The third-order valence-corrected chi connectivity index (χ3v) is 4.81. The Labute approximate surface area is 131 Å².